The van der Waals surface area contributed by atoms with Crippen molar-refractivity contribution in [3.05, 3.63) is 18.6 Å². The first-order chi connectivity index (χ1) is 12.0. The largest absolute Gasteiger partial charge is 0.480 e. The number of methoxy groups -OCH3 is 1. The first kappa shape index (κ1) is 17.7. The third kappa shape index (κ3) is 3.12. The van der Waals surface area contributed by atoms with E-state index in [0.717, 1.165) is 11.0 Å². The normalized spacial score (nSPS) is 30.7. The summed E-state index contributed by atoms with van der Waals surface area (Å²) in [7, 11) is 2.87. The predicted molar refractivity (Wildman–Crippen MR) is 99.4 cm³/mol. The lowest BCUT2D eigenvalue weighted by molar-refractivity contribution is -0.198. The van der Waals surface area contributed by atoms with Crippen LogP contribution in [-0.4, -0.2) is 52.4 Å². The molecule has 2 saturated heterocycles. The van der Waals surface area contributed by atoms with Crippen LogP contribution in [0.2, 0.25) is 0 Å². The van der Waals surface area contributed by atoms with Gasteiger partial charge in [0.15, 0.2) is 12.0 Å². The molecule has 0 spiro atoms. The van der Waals surface area contributed by atoms with E-state index in [9.17, 15) is 0 Å². The monoisotopic (exact) mass is 479 g/mol. The van der Waals surface area contributed by atoms with Crippen LogP contribution < -0.4 is 4.74 Å². The van der Waals surface area contributed by atoms with Crippen molar-refractivity contribution < 1.29 is 23.1 Å². The van der Waals surface area contributed by atoms with Gasteiger partial charge in [0.2, 0.25) is 5.88 Å². The highest BCUT2D eigenvalue weighted by Crippen LogP contribution is 2.44. The third-order valence-corrected chi connectivity index (χ3v) is 5.33. The van der Waals surface area contributed by atoms with Crippen molar-refractivity contribution in [2.75, 3.05) is 13.7 Å². The Morgan fingerprint density at radius 1 is 1.32 bits per heavy atom. The lowest BCUT2D eigenvalue weighted by atomic mass is 10.1. The molecule has 0 N–H and O–H groups in total. The van der Waals surface area contributed by atoms with Gasteiger partial charge < -0.3 is 27.7 Å². The molecule has 0 radical (unpaired) electrons. The molecular weight excluding hydrogens is 461 g/mol. The van der Waals surface area contributed by atoms with Gasteiger partial charge in [0.1, 0.15) is 30.3 Å². The van der Waals surface area contributed by atoms with Gasteiger partial charge >= 0.3 is 0 Å². The molecule has 0 aliphatic carbocycles. The van der Waals surface area contributed by atoms with Gasteiger partial charge in [-0.2, -0.15) is 0 Å². The summed E-state index contributed by atoms with van der Waals surface area (Å²) >= 11 is 2.09. The third-order valence-electron chi connectivity index (χ3n) is 4.34. The van der Waals surface area contributed by atoms with Crippen molar-refractivity contribution in [3.8, 4) is 5.88 Å². The Bertz CT molecular complexity index is 773. The SMILES string of the molecule is COc1ncnc2c1ccn2[C@@H]1O[C@H](COSI)[C@H]2OC(C)(C)O[C@H]21. The minimum Gasteiger partial charge on any atom is -0.480 e. The van der Waals surface area contributed by atoms with Gasteiger partial charge in [-0.25, -0.2) is 9.97 Å². The Morgan fingerprint density at radius 2 is 2.12 bits per heavy atom. The zero-order valence-electron chi connectivity index (χ0n) is 13.9. The van der Waals surface area contributed by atoms with Crippen LogP contribution in [0.25, 0.3) is 11.0 Å². The van der Waals surface area contributed by atoms with Gasteiger partial charge in [-0.05, 0) is 19.9 Å². The molecule has 2 aromatic heterocycles. The van der Waals surface area contributed by atoms with Gasteiger partial charge in [-0.3, -0.25) is 0 Å². The van der Waals surface area contributed by atoms with Crippen LogP contribution >= 0.6 is 30.4 Å². The Hall–Kier alpha value is -0.660. The molecule has 2 fully saturated rings. The molecule has 4 heterocycles. The first-order valence-corrected chi connectivity index (χ1v) is 11.1. The number of aromatic nitrogens is 3. The second-order valence-corrected chi connectivity index (χ2v) is 7.76. The molecule has 2 aliphatic rings. The molecule has 25 heavy (non-hydrogen) atoms. The average Bonchev–Trinajstić information content (AvgIpc) is 3.23. The molecule has 0 saturated carbocycles. The second kappa shape index (κ2) is 6.82. The van der Waals surface area contributed by atoms with E-state index in [0.29, 0.717) is 12.5 Å². The predicted octanol–water partition coefficient (Wildman–Crippen LogP) is 2.87. The number of halogens is 1. The van der Waals surface area contributed by atoms with E-state index in [-0.39, 0.29) is 24.5 Å². The molecule has 0 aromatic carbocycles. The van der Waals surface area contributed by atoms with Gasteiger partial charge in [-0.15, -0.1) is 0 Å². The van der Waals surface area contributed by atoms with Crippen molar-refractivity contribution >= 4 is 41.5 Å². The van der Waals surface area contributed by atoms with Crippen molar-refractivity contribution in [1.82, 2.24) is 14.5 Å². The van der Waals surface area contributed by atoms with Crippen LogP contribution in [0.5, 0.6) is 5.88 Å². The smallest absolute Gasteiger partial charge is 0.225 e. The molecule has 0 unspecified atom stereocenters. The van der Waals surface area contributed by atoms with Crippen LogP contribution in [0, 0.1) is 0 Å². The Morgan fingerprint density at radius 3 is 2.88 bits per heavy atom. The standard InChI is InChI=1S/C15H18IN3O5S/c1-15(2)23-10-9(6-21-25-16)22-14(11(10)24-15)19-5-4-8-12(19)17-7-18-13(8)20-3/h4-5,7,9-11,14H,6H2,1-3H3/t9-,10-,11-,14-/m1/s1. The Kier molecular flexibility index (Phi) is 4.84. The summed E-state index contributed by atoms with van der Waals surface area (Å²) in [6.45, 7) is 4.24. The lowest BCUT2D eigenvalue weighted by Gasteiger charge is -2.24. The summed E-state index contributed by atoms with van der Waals surface area (Å²) in [6, 6.07) is 1.91. The number of hydrogen-bond donors (Lipinski definition) is 0. The summed E-state index contributed by atoms with van der Waals surface area (Å²) in [4.78, 5) is 8.53. The van der Waals surface area contributed by atoms with Gasteiger partial charge in [0.05, 0.1) is 28.3 Å². The zero-order chi connectivity index (χ0) is 17.6. The molecular formula is C15H18IN3O5S. The lowest BCUT2D eigenvalue weighted by Crippen LogP contribution is -2.32. The fourth-order valence-corrected chi connectivity index (χ4v) is 4.05. The molecule has 2 aromatic rings. The van der Waals surface area contributed by atoms with Crippen molar-refractivity contribution in [1.29, 1.82) is 0 Å². The summed E-state index contributed by atoms with van der Waals surface area (Å²) in [6.07, 6.45) is 2.35. The number of hydrogen-bond acceptors (Lipinski definition) is 8. The Balaban J connectivity index is 1.70. The molecule has 0 bridgehead atoms. The molecule has 136 valence electrons. The van der Waals surface area contributed by atoms with Crippen LogP contribution in [0.4, 0.5) is 0 Å². The fourth-order valence-electron chi connectivity index (χ4n) is 3.43. The molecule has 2 aliphatic heterocycles. The maximum atomic E-state index is 6.22. The molecule has 8 nitrogen and oxygen atoms in total. The topological polar surface area (TPSA) is 76.9 Å². The maximum absolute atomic E-state index is 6.22. The minimum absolute atomic E-state index is 0.204. The highest BCUT2D eigenvalue weighted by molar-refractivity contribution is 14.2. The van der Waals surface area contributed by atoms with E-state index in [1.807, 2.05) is 30.7 Å². The minimum atomic E-state index is -0.664. The van der Waals surface area contributed by atoms with E-state index in [2.05, 4.69) is 31.2 Å². The van der Waals surface area contributed by atoms with Crippen LogP contribution in [0.1, 0.15) is 20.1 Å². The van der Waals surface area contributed by atoms with Gasteiger partial charge in [0, 0.05) is 27.4 Å². The van der Waals surface area contributed by atoms with E-state index in [1.54, 1.807) is 7.11 Å². The number of ether oxygens (including phenoxy) is 4. The summed E-state index contributed by atoms with van der Waals surface area (Å²) in [5.41, 5.74) is 0.730. The summed E-state index contributed by atoms with van der Waals surface area (Å²) < 4.78 is 31.1. The van der Waals surface area contributed by atoms with Crippen molar-refractivity contribution in [2.45, 2.75) is 44.2 Å². The number of fused-ring (bicyclic) bond motifs is 2. The quantitative estimate of drug-likeness (QED) is 0.479. The maximum Gasteiger partial charge on any atom is 0.225 e. The van der Waals surface area contributed by atoms with Gasteiger partial charge in [0.25, 0.3) is 0 Å². The van der Waals surface area contributed by atoms with E-state index < -0.39 is 5.79 Å². The van der Waals surface area contributed by atoms with Crippen LogP contribution in [-0.2, 0) is 18.4 Å². The first-order valence-electron chi connectivity index (χ1n) is 7.81. The molecule has 0 amide bonds. The summed E-state index contributed by atoms with van der Waals surface area (Å²) in [5.74, 6) is -0.133. The van der Waals surface area contributed by atoms with Crippen LogP contribution in [0.15, 0.2) is 18.6 Å². The van der Waals surface area contributed by atoms with E-state index in [4.69, 9.17) is 23.1 Å². The van der Waals surface area contributed by atoms with Crippen molar-refractivity contribution in [2.24, 2.45) is 0 Å². The highest BCUT2D eigenvalue weighted by Gasteiger charge is 2.56. The molecule has 10 heteroatoms. The summed E-state index contributed by atoms with van der Waals surface area (Å²) in [5, 5.41) is 0.825. The average molecular weight is 479 g/mol. The molecule has 4 atom stereocenters. The van der Waals surface area contributed by atoms with Crippen molar-refractivity contribution in [3.63, 3.8) is 0 Å². The highest BCUT2D eigenvalue weighted by atomic mass is 127. The fraction of sp³-hybridized carbons (Fsp3) is 0.600. The van der Waals surface area contributed by atoms with Gasteiger partial charge in [-0.1, -0.05) is 0 Å². The zero-order valence-corrected chi connectivity index (χ0v) is 16.9. The molecule has 4 rings (SSSR count). The second-order valence-electron chi connectivity index (χ2n) is 6.32. The van der Waals surface area contributed by atoms with E-state index in [1.165, 1.54) is 15.5 Å². The number of nitrogens with zero attached hydrogens (tertiary/aromatic N) is 3. The van der Waals surface area contributed by atoms with E-state index >= 15 is 0 Å². The van der Waals surface area contributed by atoms with Crippen LogP contribution in [0.3, 0.4) is 0 Å². The Labute approximate surface area is 161 Å². The number of rotatable bonds is 5.